The van der Waals surface area contributed by atoms with E-state index in [2.05, 4.69) is 28.5 Å². The number of ether oxygens (including phenoxy) is 4. The molecule has 0 bridgehead atoms. The lowest BCUT2D eigenvalue weighted by Crippen LogP contribution is -2.32. The summed E-state index contributed by atoms with van der Waals surface area (Å²) in [5.74, 6) is 18.5. The van der Waals surface area contributed by atoms with Crippen molar-refractivity contribution in [2.45, 2.75) is 90.7 Å². The summed E-state index contributed by atoms with van der Waals surface area (Å²) in [7, 11) is 6.74. The van der Waals surface area contributed by atoms with Crippen molar-refractivity contribution in [1.82, 2.24) is 5.06 Å². The molecule has 0 aromatic heterocycles. The standard InChI is InChI=1S/C18H28O4S2.C15H17NO5.C6H15NO2S2.C2H8BN/c19-9-12-23-24-13-11-21-10-5-8-18(20)22-14-17-15-6-3-1-2-4-7-16(15)17;17-13-7-8-14(18)16(13)21-15(19)20-9-12-10-5-3-1-2-4-6-11(10)12;7-1-3-9-4-6-11-10-5-2-8;1-3(2)4/h15-17,19H,3-14H2;10-12H,3-9H2;8H,1-7H2;4H2,1-2H3. The molecule has 5 aliphatic rings. The summed E-state index contributed by atoms with van der Waals surface area (Å²) >= 11 is 0. The lowest BCUT2D eigenvalue weighted by Gasteiger charge is -2.12. The minimum absolute atomic E-state index is 0.0822. The summed E-state index contributed by atoms with van der Waals surface area (Å²) in [5.41, 5.74) is 10.3. The molecule has 0 aromatic rings. The van der Waals surface area contributed by atoms with Gasteiger partial charge in [-0.05, 0) is 67.6 Å². The molecule has 340 valence electrons. The van der Waals surface area contributed by atoms with E-state index in [0.717, 1.165) is 86.4 Å². The average Bonchev–Trinajstić information content (AvgIpc) is 4.03. The van der Waals surface area contributed by atoms with E-state index in [0.29, 0.717) is 75.0 Å². The molecule has 0 radical (unpaired) electrons. The summed E-state index contributed by atoms with van der Waals surface area (Å²) in [4.78, 5) is 50.6. The van der Waals surface area contributed by atoms with Gasteiger partial charge in [0.25, 0.3) is 11.8 Å². The minimum atomic E-state index is -0.978. The number of aliphatic hydroxyl groups excluding tert-OH is 2. The Balaban J connectivity index is 0.000000314. The second-order valence-electron chi connectivity index (χ2n) is 14.9. The van der Waals surface area contributed by atoms with Crippen LogP contribution in [0.3, 0.4) is 0 Å². The van der Waals surface area contributed by atoms with Crippen LogP contribution in [0.2, 0.25) is 13.6 Å². The number of aliphatic hydroxyl groups is 2. The number of carbonyl (C=O) groups excluding carboxylic acids is 4. The predicted octanol–water partition coefficient (Wildman–Crippen LogP) is 5.31. The maximum absolute atomic E-state index is 11.8. The van der Waals surface area contributed by atoms with Gasteiger partial charge >= 0.3 is 12.1 Å². The zero-order valence-electron chi connectivity index (χ0n) is 35.5. The molecule has 60 heavy (non-hydrogen) atoms. The van der Waals surface area contributed by atoms with Crippen LogP contribution in [-0.2, 0) is 38.2 Å². The Kier molecular flexibility index (Phi) is 31.4. The highest BCUT2D eigenvalue weighted by Crippen LogP contribution is 2.53. The number of nitrogens with zero attached hydrogens (tertiary/aromatic N) is 1. The molecule has 19 heteroatoms. The van der Waals surface area contributed by atoms with E-state index in [-0.39, 0.29) is 38.6 Å². The molecule has 1 heterocycles. The third-order valence-corrected chi connectivity index (χ3v) is 14.4. The smallest absolute Gasteiger partial charge is 0.465 e. The normalized spacial score (nSPS) is 23.1. The molecular weight excluding hydrogens is 850 g/mol. The summed E-state index contributed by atoms with van der Waals surface area (Å²) in [6.45, 7) is 8.84. The molecule has 4 atom stereocenters. The maximum atomic E-state index is 11.8. The molecule has 5 rings (SSSR count). The van der Waals surface area contributed by atoms with Crippen molar-refractivity contribution in [2.24, 2.45) is 46.9 Å². The SMILES string of the molecule is CB(C)N.NCCOCCSSCCO.O=C(CCCOCCSSCCO)OCC1C2CCC#CCCC21.O=C(OCC1C2CCC#CCCC21)ON1C(=O)CCC1=O. The summed E-state index contributed by atoms with van der Waals surface area (Å²) in [6.07, 6.45) is 8.58. The van der Waals surface area contributed by atoms with Crippen molar-refractivity contribution >= 4 is 74.0 Å². The first kappa shape index (κ1) is 54.4. The Morgan fingerprint density at radius 3 is 1.55 bits per heavy atom. The van der Waals surface area contributed by atoms with E-state index < -0.39 is 18.0 Å². The van der Waals surface area contributed by atoms with Crippen LogP contribution in [0.25, 0.3) is 0 Å². The van der Waals surface area contributed by atoms with Crippen LogP contribution in [0.5, 0.6) is 0 Å². The maximum Gasteiger partial charge on any atom is 0.533 e. The Labute approximate surface area is 374 Å². The molecule has 6 N–H and O–H groups in total. The van der Waals surface area contributed by atoms with Crippen molar-refractivity contribution in [1.29, 1.82) is 0 Å². The first-order valence-electron chi connectivity index (χ1n) is 21.2. The van der Waals surface area contributed by atoms with Crippen molar-refractivity contribution in [2.75, 3.05) is 82.4 Å². The molecule has 0 spiro atoms. The van der Waals surface area contributed by atoms with E-state index in [9.17, 15) is 19.2 Å². The molecule has 4 aliphatic carbocycles. The van der Waals surface area contributed by atoms with Crippen LogP contribution in [0, 0.1) is 59.2 Å². The van der Waals surface area contributed by atoms with E-state index in [1.807, 2.05) is 13.6 Å². The number of hydrogen-bond acceptors (Lipinski definition) is 17. The highest BCUT2D eigenvalue weighted by Gasteiger charge is 2.50. The lowest BCUT2D eigenvalue weighted by atomic mass is 9.71. The van der Waals surface area contributed by atoms with Gasteiger partial charge in [-0.15, -0.1) is 23.7 Å². The molecule has 1 saturated heterocycles. The fourth-order valence-electron chi connectivity index (χ4n) is 6.85. The molecule has 14 nitrogen and oxygen atoms in total. The number of carbonyl (C=O) groups is 4. The molecule has 2 saturated carbocycles. The van der Waals surface area contributed by atoms with E-state index in [1.165, 1.54) is 12.8 Å². The van der Waals surface area contributed by atoms with Crippen LogP contribution >= 0.6 is 43.2 Å². The van der Waals surface area contributed by atoms with Crippen LogP contribution in [0.15, 0.2) is 0 Å². The molecule has 2 amide bonds. The van der Waals surface area contributed by atoms with Gasteiger partial charge in [-0.25, -0.2) is 4.79 Å². The average molecular weight is 918 g/mol. The fourth-order valence-corrected chi connectivity index (χ4v) is 10.1. The molecule has 0 aromatic carbocycles. The fraction of sp³-hybridized carbons (Fsp3) is 0.805. The quantitative estimate of drug-likeness (QED) is 0.0255. The van der Waals surface area contributed by atoms with Gasteiger partial charge in [0.2, 0.25) is 6.85 Å². The van der Waals surface area contributed by atoms with Crippen LogP contribution in [0.4, 0.5) is 4.79 Å². The Hall–Kier alpha value is -1.78. The van der Waals surface area contributed by atoms with Crippen LogP contribution < -0.4 is 11.4 Å². The molecule has 1 aliphatic heterocycles. The van der Waals surface area contributed by atoms with Crippen molar-refractivity contribution < 1.29 is 53.2 Å². The van der Waals surface area contributed by atoms with Gasteiger partial charge in [0.05, 0.1) is 46.2 Å². The highest BCUT2D eigenvalue weighted by atomic mass is 33.1. The number of hydroxylamine groups is 2. The predicted molar refractivity (Wildman–Crippen MR) is 244 cm³/mol. The highest BCUT2D eigenvalue weighted by molar-refractivity contribution is 8.77. The third kappa shape index (κ3) is 25.4. The van der Waals surface area contributed by atoms with E-state index in [1.54, 1.807) is 43.2 Å². The third-order valence-electron chi connectivity index (χ3n) is 9.75. The van der Waals surface area contributed by atoms with Crippen LogP contribution in [-0.4, -0.2) is 128 Å². The van der Waals surface area contributed by atoms with Gasteiger partial charge in [-0.1, -0.05) is 61.9 Å². The Morgan fingerprint density at radius 2 is 1.12 bits per heavy atom. The van der Waals surface area contributed by atoms with Gasteiger partial charge in [0, 0.05) is 81.1 Å². The molecular formula is C41H68BN3O11S4. The number of amides is 2. The van der Waals surface area contributed by atoms with Gasteiger partial charge in [0.15, 0.2) is 0 Å². The van der Waals surface area contributed by atoms with Crippen LogP contribution in [0.1, 0.15) is 77.0 Å². The largest absolute Gasteiger partial charge is 0.533 e. The molecule has 3 fully saturated rings. The van der Waals surface area contributed by atoms with Gasteiger partial charge in [-0.3, -0.25) is 19.2 Å². The lowest BCUT2D eigenvalue weighted by molar-refractivity contribution is -0.177. The summed E-state index contributed by atoms with van der Waals surface area (Å²) in [5, 5.41) is 17.6. The minimum Gasteiger partial charge on any atom is -0.465 e. The Bertz CT molecular complexity index is 1300. The van der Waals surface area contributed by atoms with E-state index in [4.69, 9.17) is 40.5 Å². The zero-order valence-corrected chi connectivity index (χ0v) is 38.8. The monoisotopic (exact) mass is 917 g/mol. The number of nitrogens with two attached hydrogens (primary N) is 2. The first-order valence-corrected chi connectivity index (χ1v) is 26.2. The Morgan fingerprint density at radius 1 is 0.700 bits per heavy atom. The topological polar surface area (TPSA) is 210 Å². The molecule has 4 unspecified atom stereocenters. The van der Waals surface area contributed by atoms with Crippen molar-refractivity contribution in [3.8, 4) is 23.7 Å². The number of esters is 1. The van der Waals surface area contributed by atoms with Crippen molar-refractivity contribution in [3.05, 3.63) is 0 Å². The number of fused-ring (bicyclic) bond motifs is 2. The van der Waals surface area contributed by atoms with Gasteiger partial charge < -0.3 is 40.5 Å². The first-order chi connectivity index (χ1) is 29.1. The van der Waals surface area contributed by atoms with Gasteiger partial charge in [-0.2, -0.15) is 0 Å². The number of hydrogen-bond donors (Lipinski definition) is 4. The number of imide groups is 1. The second kappa shape index (κ2) is 34.7. The summed E-state index contributed by atoms with van der Waals surface area (Å²) < 4.78 is 21.1. The van der Waals surface area contributed by atoms with Crippen molar-refractivity contribution in [3.63, 3.8) is 0 Å². The van der Waals surface area contributed by atoms with E-state index >= 15 is 0 Å². The second-order valence-corrected chi connectivity index (χ2v) is 20.3. The summed E-state index contributed by atoms with van der Waals surface area (Å²) in [6, 6.07) is 0. The van der Waals surface area contributed by atoms with Gasteiger partial charge in [0.1, 0.15) is 0 Å². The zero-order chi connectivity index (χ0) is 43.8. The number of rotatable bonds is 23.